The summed E-state index contributed by atoms with van der Waals surface area (Å²) >= 11 is 5.96. The molecular weight excluding hydrogens is 446 g/mol. The number of halogens is 1. The molecule has 1 unspecified atom stereocenters. The van der Waals surface area contributed by atoms with E-state index in [0.717, 1.165) is 5.56 Å². The van der Waals surface area contributed by atoms with E-state index in [-0.39, 0.29) is 19.1 Å². The molecule has 0 aliphatic heterocycles. The van der Waals surface area contributed by atoms with Crippen molar-refractivity contribution in [2.45, 2.75) is 25.6 Å². The number of carbonyl (C=O) groups is 1. The van der Waals surface area contributed by atoms with Gasteiger partial charge in [-0.2, -0.15) is 4.98 Å². The zero-order valence-electron chi connectivity index (χ0n) is 17.9. The summed E-state index contributed by atoms with van der Waals surface area (Å²) in [5.41, 5.74) is 0.719. The number of aromatic nitrogens is 1. The van der Waals surface area contributed by atoms with Gasteiger partial charge < -0.3 is 23.7 Å². The molecule has 0 fully saturated rings. The highest BCUT2D eigenvalue weighted by Crippen LogP contribution is 2.29. The van der Waals surface area contributed by atoms with Crippen molar-refractivity contribution >= 4 is 28.7 Å². The number of nitrogens with zero attached hydrogens (tertiary/aromatic N) is 1. The summed E-state index contributed by atoms with van der Waals surface area (Å²) in [5.74, 6) is -0.223. The number of fused-ring (bicyclic) bond motifs is 1. The van der Waals surface area contributed by atoms with Crippen molar-refractivity contribution in [3.63, 3.8) is 0 Å². The Hall–Kier alpha value is -3.55. The zero-order valence-corrected chi connectivity index (χ0v) is 18.6. The summed E-state index contributed by atoms with van der Waals surface area (Å²) in [4.78, 5) is 16.1. The van der Waals surface area contributed by atoms with Crippen LogP contribution in [-0.2, 0) is 16.1 Å². The lowest BCUT2D eigenvalue weighted by Gasteiger charge is -2.26. The first-order valence-corrected chi connectivity index (χ1v) is 10.7. The Morgan fingerprint density at radius 3 is 2.52 bits per heavy atom. The molecule has 0 bridgehead atoms. The fourth-order valence-electron chi connectivity index (χ4n) is 3.09. The molecule has 0 amide bonds. The molecule has 1 atom stereocenters. The number of hydrogen-bond donors (Lipinski definition) is 1. The molecule has 0 aliphatic carbocycles. The fraction of sp³-hybridized carbons (Fsp3) is 0.200. The number of carboxylic acids is 1. The maximum absolute atomic E-state index is 11.9. The third kappa shape index (κ3) is 5.83. The summed E-state index contributed by atoms with van der Waals surface area (Å²) in [7, 11) is 0. The molecule has 4 aromatic rings. The van der Waals surface area contributed by atoms with E-state index in [1.165, 1.54) is 6.92 Å². The second-order valence-corrected chi connectivity index (χ2v) is 8.03. The van der Waals surface area contributed by atoms with Gasteiger partial charge in [-0.25, -0.2) is 4.79 Å². The van der Waals surface area contributed by atoms with E-state index >= 15 is 0 Å². The van der Waals surface area contributed by atoms with Crippen LogP contribution in [0.3, 0.4) is 0 Å². The normalized spacial score (nSPS) is 12.9. The minimum Gasteiger partial charge on any atom is -0.478 e. The van der Waals surface area contributed by atoms with Crippen molar-refractivity contribution in [2.24, 2.45) is 0 Å². The Balaban J connectivity index is 1.35. The lowest BCUT2D eigenvalue weighted by Crippen LogP contribution is -2.42. The Labute approximate surface area is 195 Å². The number of rotatable bonds is 10. The van der Waals surface area contributed by atoms with Crippen molar-refractivity contribution < 1.29 is 28.5 Å². The summed E-state index contributed by atoms with van der Waals surface area (Å²) in [5, 5.41) is 10.3. The predicted octanol–water partition coefficient (Wildman–Crippen LogP) is 6.10. The first-order chi connectivity index (χ1) is 15.9. The Kier molecular flexibility index (Phi) is 6.82. The summed E-state index contributed by atoms with van der Waals surface area (Å²) in [6.45, 7) is 2.17. The van der Waals surface area contributed by atoms with E-state index in [1.807, 2.05) is 30.3 Å². The molecule has 0 saturated carbocycles. The van der Waals surface area contributed by atoms with Gasteiger partial charge in [0.05, 0.1) is 13.2 Å². The second kappa shape index (κ2) is 9.94. The minimum absolute atomic E-state index is 0.0758. The molecule has 3 aromatic carbocycles. The Morgan fingerprint density at radius 2 is 1.79 bits per heavy atom. The average molecular weight is 468 g/mol. The van der Waals surface area contributed by atoms with Gasteiger partial charge in [-0.1, -0.05) is 41.9 Å². The molecule has 170 valence electrons. The van der Waals surface area contributed by atoms with Crippen LogP contribution in [0.25, 0.3) is 11.1 Å². The van der Waals surface area contributed by atoms with E-state index in [1.54, 1.807) is 42.5 Å². The molecule has 8 heteroatoms. The summed E-state index contributed by atoms with van der Waals surface area (Å²) in [6, 6.07) is 21.3. The molecule has 1 N–H and O–H groups in total. The topological polar surface area (TPSA) is 91.0 Å². The highest BCUT2D eigenvalue weighted by atomic mass is 35.5. The van der Waals surface area contributed by atoms with E-state index in [4.69, 9.17) is 30.2 Å². The van der Waals surface area contributed by atoms with Gasteiger partial charge in [0, 0.05) is 17.5 Å². The largest absolute Gasteiger partial charge is 0.478 e. The maximum Gasteiger partial charge on any atom is 0.400 e. The fourth-order valence-corrected chi connectivity index (χ4v) is 3.25. The first kappa shape index (κ1) is 22.6. The molecule has 1 heterocycles. The van der Waals surface area contributed by atoms with Crippen LogP contribution in [0, 0.1) is 0 Å². The third-order valence-electron chi connectivity index (χ3n) is 4.99. The molecule has 0 spiro atoms. The summed E-state index contributed by atoms with van der Waals surface area (Å²) in [6.07, 6.45) is 0.255. The van der Waals surface area contributed by atoms with Crippen LogP contribution < -0.4 is 9.47 Å². The maximum atomic E-state index is 11.9. The van der Waals surface area contributed by atoms with Crippen molar-refractivity contribution in [2.75, 3.05) is 6.61 Å². The molecule has 7 nitrogen and oxygen atoms in total. The van der Waals surface area contributed by atoms with Gasteiger partial charge in [0.15, 0.2) is 5.58 Å². The van der Waals surface area contributed by atoms with Crippen LogP contribution in [0.1, 0.15) is 18.9 Å². The van der Waals surface area contributed by atoms with Crippen LogP contribution in [0.15, 0.2) is 77.2 Å². The number of benzene rings is 3. The van der Waals surface area contributed by atoms with Crippen LogP contribution in [0.2, 0.25) is 5.02 Å². The molecule has 1 aromatic heterocycles. The SMILES string of the molecule is CC(CCOCc1ccccc1)(Oc1ccc(Oc2nc3ccc(Cl)cc3o2)cc1)C(=O)O. The third-order valence-corrected chi connectivity index (χ3v) is 5.23. The predicted molar refractivity (Wildman–Crippen MR) is 123 cm³/mol. The van der Waals surface area contributed by atoms with E-state index in [2.05, 4.69) is 4.98 Å². The number of carboxylic acid groups (broad SMARTS) is 1. The Morgan fingerprint density at radius 1 is 1.06 bits per heavy atom. The second-order valence-electron chi connectivity index (χ2n) is 7.59. The number of oxazole rings is 1. The number of hydrogen-bond acceptors (Lipinski definition) is 6. The summed E-state index contributed by atoms with van der Waals surface area (Å²) < 4.78 is 22.6. The van der Waals surface area contributed by atoms with Crippen molar-refractivity contribution in [1.82, 2.24) is 4.98 Å². The smallest absolute Gasteiger partial charge is 0.400 e. The van der Waals surface area contributed by atoms with Gasteiger partial charge in [0.1, 0.15) is 17.0 Å². The van der Waals surface area contributed by atoms with E-state index in [9.17, 15) is 9.90 Å². The molecule has 0 aliphatic rings. The lowest BCUT2D eigenvalue weighted by atomic mass is 10.0. The van der Waals surface area contributed by atoms with Gasteiger partial charge in [-0.15, -0.1) is 0 Å². The van der Waals surface area contributed by atoms with Crippen LogP contribution in [-0.4, -0.2) is 28.3 Å². The van der Waals surface area contributed by atoms with Crippen molar-refractivity contribution in [3.8, 4) is 17.6 Å². The van der Waals surface area contributed by atoms with Crippen molar-refractivity contribution in [1.29, 1.82) is 0 Å². The number of ether oxygens (including phenoxy) is 3. The van der Waals surface area contributed by atoms with E-state index in [0.29, 0.717) is 34.2 Å². The van der Waals surface area contributed by atoms with Gasteiger partial charge >= 0.3 is 12.0 Å². The molecule has 0 radical (unpaired) electrons. The zero-order chi connectivity index (χ0) is 23.3. The van der Waals surface area contributed by atoms with Crippen molar-refractivity contribution in [3.05, 3.63) is 83.4 Å². The van der Waals surface area contributed by atoms with Gasteiger partial charge in [-0.05, 0) is 48.9 Å². The minimum atomic E-state index is -1.45. The molecule has 33 heavy (non-hydrogen) atoms. The molecular formula is C25H22ClNO6. The Bertz CT molecular complexity index is 1220. The van der Waals surface area contributed by atoms with Gasteiger partial charge in [0.25, 0.3) is 0 Å². The monoisotopic (exact) mass is 467 g/mol. The molecule has 0 saturated heterocycles. The lowest BCUT2D eigenvalue weighted by molar-refractivity contribution is -0.155. The molecule has 4 rings (SSSR count). The van der Waals surface area contributed by atoms with Gasteiger partial charge in [0.2, 0.25) is 5.60 Å². The van der Waals surface area contributed by atoms with Gasteiger partial charge in [-0.3, -0.25) is 0 Å². The standard InChI is InChI=1S/C25H22ClNO6/c1-25(23(28)29,13-14-30-16-17-5-3-2-4-6-17)33-20-10-8-19(9-11-20)31-24-27-21-12-7-18(26)15-22(21)32-24/h2-12,15H,13-14,16H2,1H3,(H,28,29). The van der Waals surface area contributed by atoms with Crippen LogP contribution in [0.5, 0.6) is 17.6 Å². The number of aliphatic carboxylic acids is 1. The highest BCUT2D eigenvalue weighted by Gasteiger charge is 2.35. The quantitative estimate of drug-likeness (QED) is 0.281. The highest BCUT2D eigenvalue weighted by molar-refractivity contribution is 6.31. The van der Waals surface area contributed by atoms with E-state index < -0.39 is 11.6 Å². The van der Waals surface area contributed by atoms with Crippen LogP contribution >= 0.6 is 11.6 Å². The van der Waals surface area contributed by atoms with Crippen LogP contribution in [0.4, 0.5) is 0 Å². The average Bonchev–Trinajstić information content (AvgIpc) is 3.20. The first-order valence-electron chi connectivity index (χ1n) is 10.3.